The smallest absolute Gasteiger partial charge is 0.252 e. The lowest BCUT2D eigenvalue weighted by molar-refractivity contribution is 0.0966. The number of rotatable bonds is 7. The van der Waals surface area contributed by atoms with Crippen LogP contribution in [0.15, 0.2) is 30.3 Å². The summed E-state index contributed by atoms with van der Waals surface area (Å²) in [4.78, 5) is 18.6. The highest BCUT2D eigenvalue weighted by atomic mass is 35.5. The summed E-state index contributed by atoms with van der Waals surface area (Å²) < 4.78 is 5.91. The molecule has 34 heavy (non-hydrogen) atoms. The second-order valence-corrected chi connectivity index (χ2v) is 9.08. The Morgan fingerprint density at radius 2 is 1.88 bits per heavy atom. The highest BCUT2D eigenvalue weighted by Gasteiger charge is 2.29. The number of fused-ring (bicyclic) bond motifs is 2. The fraction of sp³-hybridized carbons (Fsp3) is 0.400. The van der Waals surface area contributed by atoms with Crippen LogP contribution in [0.2, 0.25) is 5.02 Å². The van der Waals surface area contributed by atoms with Crippen molar-refractivity contribution in [2.75, 3.05) is 26.2 Å². The van der Waals surface area contributed by atoms with Crippen molar-refractivity contribution in [1.82, 2.24) is 15.2 Å². The van der Waals surface area contributed by atoms with Gasteiger partial charge in [-0.1, -0.05) is 24.1 Å². The van der Waals surface area contributed by atoms with E-state index in [0.29, 0.717) is 36.0 Å². The summed E-state index contributed by atoms with van der Waals surface area (Å²) in [5, 5.41) is 4.54. The third-order valence-corrected chi connectivity index (χ3v) is 6.83. The zero-order valence-corrected chi connectivity index (χ0v) is 21.4. The fourth-order valence-electron chi connectivity index (χ4n) is 4.75. The number of nitrogens with two attached hydrogens (primary N) is 1. The number of nitrogens with zero attached hydrogens (tertiary/aromatic N) is 1. The third-order valence-electron chi connectivity index (χ3n) is 6.42. The average molecular weight is 526 g/mol. The second-order valence-electron chi connectivity index (χ2n) is 8.70. The highest BCUT2D eigenvalue weighted by molar-refractivity contribution is 6.34. The van der Waals surface area contributed by atoms with Crippen LogP contribution < -0.4 is 15.8 Å². The number of aromatic amines is 1. The van der Waals surface area contributed by atoms with Gasteiger partial charge in [0.05, 0.1) is 17.2 Å². The summed E-state index contributed by atoms with van der Waals surface area (Å²) >= 11 is 6.59. The van der Waals surface area contributed by atoms with Gasteiger partial charge in [0.1, 0.15) is 5.75 Å². The standard InChI is InChI=1S/C25H29ClN4O2.2ClH/c26-24-19-14-28-25(31)23(19)18(13-22(24)32-10-4-7-27)21-12-17-11-16(5-6-20(17)29-21)15-30-8-2-1-3-9-30;;/h5-6,11-13,29H,1-4,7-10,14-15,27H2,(H,28,31);2*1H. The number of hydrogen-bond donors (Lipinski definition) is 3. The van der Waals surface area contributed by atoms with Gasteiger partial charge in [-0.3, -0.25) is 9.69 Å². The number of aromatic nitrogens is 1. The minimum Gasteiger partial charge on any atom is -0.492 e. The molecular weight excluding hydrogens is 495 g/mol. The van der Waals surface area contributed by atoms with Crippen molar-refractivity contribution in [3.05, 3.63) is 52.0 Å². The van der Waals surface area contributed by atoms with Crippen LogP contribution >= 0.6 is 36.4 Å². The van der Waals surface area contributed by atoms with Gasteiger partial charge >= 0.3 is 0 Å². The summed E-state index contributed by atoms with van der Waals surface area (Å²) in [5.41, 5.74) is 11.1. The molecule has 0 spiro atoms. The van der Waals surface area contributed by atoms with Crippen LogP contribution in [0.5, 0.6) is 5.75 Å². The van der Waals surface area contributed by atoms with Crippen molar-refractivity contribution >= 4 is 53.2 Å². The van der Waals surface area contributed by atoms with Crippen molar-refractivity contribution in [2.45, 2.75) is 38.8 Å². The summed E-state index contributed by atoms with van der Waals surface area (Å²) in [5.74, 6) is 0.490. The Labute approximate surface area is 217 Å². The van der Waals surface area contributed by atoms with E-state index in [1.807, 2.05) is 6.07 Å². The molecule has 4 N–H and O–H groups in total. The van der Waals surface area contributed by atoms with E-state index in [4.69, 9.17) is 22.1 Å². The first kappa shape index (κ1) is 26.6. The van der Waals surface area contributed by atoms with Crippen molar-refractivity contribution < 1.29 is 9.53 Å². The maximum absolute atomic E-state index is 12.6. The molecule has 0 atom stereocenters. The first-order chi connectivity index (χ1) is 15.6. The van der Waals surface area contributed by atoms with Gasteiger partial charge in [-0.2, -0.15) is 0 Å². The number of benzene rings is 2. The van der Waals surface area contributed by atoms with E-state index in [0.717, 1.165) is 40.7 Å². The van der Waals surface area contributed by atoms with Crippen LogP contribution in [-0.2, 0) is 13.1 Å². The number of ether oxygens (including phenoxy) is 1. The number of carbonyl (C=O) groups is 1. The first-order valence-corrected chi connectivity index (χ1v) is 11.8. The number of H-pyrrole nitrogens is 1. The minimum atomic E-state index is -0.102. The summed E-state index contributed by atoms with van der Waals surface area (Å²) in [6.45, 7) is 4.78. The van der Waals surface area contributed by atoms with E-state index in [1.54, 1.807) is 0 Å². The van der Waals surface area contributed by atoms with Crippen molar-refractivity contribution in [1.29, 1.82) is 0 Å². The molecular formula is C25H31Cl3N4O2. The minimum absolute atomic E-state index is 0. The topological polar surface area (TPSA) is 83.4 Å². The van der Waals surface area contributed by atoms with Gasteiger partial charge in [-0.05, 0) is 68.7 Å². The van der Waals surface area contributed by atoms with E-state index in [-0.39, 0.29) is 30.7 Å². The van der Waals surface area contributed by atoms with Gasteiger partial charge in [0, 0.05) is 40.8 Å². The largest absolute Gasteiger partial charge is 0.492 e. The van der Waals surface area contributed by atoms with Crippen LogP contribution in [0.25, 0.3) is 22.2 Å². The van der Waals surface area contributed by atoms with Gasteiger partial charge in [-0.15, -0.1) is 24.8 Å². The molecule has 1 amide bonds. The van der Waals surface area contributed by atoms with Crippen LogP contribution in [-0.4, -0.2) is 42.0 Å². The lowest BCUT2D eigenvalue weighted by Gasteiger charge is -2.26. The molecule has 0 saturated carbocycles. The zero-order chi connectivity index (χ0) is 22.1. The SMILES string of the molecule is Cl.Cl.NCCCOc1cc(-c2cc3cc(CN4CCCCC4)ccc3[nH]2)c2c(c1Cl)CNC2=O. The van der Waals surface area contributed by atoms with E-state index in [2.05, 4.69) is 39.5 Å². The number of carbonyl (C=O) groups excluding carboxylic acids is 1. The molecule has 3 heterocycles. The number of amides is 1. The Balaban J connectivity index is 0.00000162. The number of nitrogens with one attached hydrogen (secondary N) is 2. The third kappa shape index (κ3) is 5.31. The predicted octanol–water partition coefficient (Wildman–Crippen LogP) is 5.29. The molecule has 1 fully saturated rings. The van der Waals surface area contributed by atoms with Gasteiger partial charge in [0.2, 0.25) is 0 Å². The Morgan fingerprint density at radius 3 is 2.65 bits per heavy atom. The molecule has 184 valence electrons. The van der Waals surface area contributed by atoms with Crippen molar-refractivity contribution in [3.63, 3.8) is 0 Å². The summed E-state index contributed by atoms with van der Waals surface area (Å²) in [6.07, 6.45) is 4.66. The van der Waals surface area contributed by atoms with Crippen LogP contribution in [0.3, 0.4) is 0 Å². The molecule has 3 aromatic rings. The monoisotopic (exact) mass is 524 g/mol. The van der Waals surface area contributed by atoms with E-state index in [1.165, 1.54) is 37.9 Å². The van der Waals surface area contributed by atoms with Gasteiger partial charge in [0.25, 0.3) is 5.91 Å². The van der Waals surface area contributed by atoms with E-state index < -0.39 is 0 Å². The molecule has 0 aliphatic carbocycles. The number of piperidine rings is 1. The molecule has 0 unspecified atom stereocenters. The zero-order valence-electron chi connectivity index (χ0n) is 19.0. The fourth-order valence-corrected chi connectivity index (χ4v) is 5.02. The summed E-state index contributed by atoms with van der Waals surface area (Å²) in [7, 11) is 0. The van der Waals surface area contributed by atoms with Crippen LogP contribution in [0.1, 0.15) is 47.2 Å². The predicted molar refractivity (Wildman–Crippen MR) is 143 cm³/mol. The van der Waals surface area contributed by atoms with Gasteiger partial charge < -0.3 is 20.8 Å². The molecule has 0 bridgehead atoms. The molecule has 2 aromatic carbocycles. The molecule has 9 heteroatoms. The maximum atomic E-state index is 12.6. The van der Waals surface area contributed by atoms with Crippen LogP contribution in [0.4, 0.5) is 0 Å². The highest BCUT2D eigenvalue weighted by Crippen LogP contribution is 2.40. The molecule has 6 nitrogen and oxygen atoms in total. The van der Waals surface area contributed by atoms with Gasteiger partial charge in [-0.25, -0.2) is 0 Å². The Kier molecular flexibility index (Phi) is 9.13. The number of halogens is 3. The normalized spacial score (nSPS) is 15.4. The molecule has 0 radical (unpaired) electrons. The Bertz CT molecular complexity index is 1160. The first-order valence-electron chi connectivity index (χ1n) is 11.4. The van der Waals surface area contributed by atoms with E-state index in [9.17, 15) is 4.79 Å². The van der Waals surface area contributed by atoms with E-state index >= 15 is 0 Å². The van der Waals surface area contributed by atoms with Crippen LogP contribution in [0, 0.1) is 0 Å². The molecule has 2 aliphatic heterocycles. The lowest BCUT2D eigenvalue weighted by atomic mass is 9.99. The Hall–Kier alpha value is -1.96. The molecule has 2 aliphatic rings. The number of hydrogen-bond acceptors (Lipinski definition) is 4. The molecule has 5 rings (SSSR count). The molecule has 1 aromatic heterocycles. The second kappa shape index (κ2) is 11.6. The lowest BCUT2D eigenvalue weighted by Crippen LogP contribution is -2.28. The van der Waals surface area contributed by atoms with Crippen molar-refractivity contribution in [3.8, 4) is 17.0 Å². The van der Waals surface area contributed by atoms with Crippen molar-refractivity contribution in [2.24, 2.45) is 5.73 Å². The summed E-state index contributed by atoms with van der Waals surface area (Å²) in [6, 6.07) is 10.6. The Morgan fingerprint density at radius 1 is 1.09 bits per heavy atom. The molecule has 1 saturated heterocycles. The maximum Gasteiger partial charge on any atom is 0.252 e. The van der Waals surface area contributed by atoms with Gasteiger partial charge in [0.15, 0.2) is 0 Å². The number of likely N-dealkylation sites (tertiary alicyclic amines) is 1. The average Bonchev–Trinajstić information content (AvgIpc) is 3.40. The quantitative estimate of drug-likeness (QED) is 0.366.